The Morgan fingerprint density at radius 3 is 3.00 bits per heavy atom. The van der Waals surface area contributed by atoms with Crippen molar-refractivity contribution in [2.75, 3.05) is 24.4 Å². The van der Waals surface area contributed by atoms with E-state index in [2.05, 4.69) is 6.07 Å². The highest BCUT2D eigenvalue weighted by atomic mass is 35.5. The van der Waals surface area contributed by atoms with E-state index in [1.807, 2.05) is 24.0 Å². The second kappa shape index (κ2) is 5.61. The highest BCUT2D eigenvalue weighted by molar-refractivity contribution is 6.19. The van der Waals surface area contributed by atoms with Gasteiger partial charge in [-0.3, -0.25) is 4.79 Å². The summed E-state index contributed by atoms with van der Waals surface area (Å²) in [6.45, 7) is 2.60. The molecule has 1 aromatic rings. The summed E-state index contributed by atoms with van der Waals surface area (Å²) in [5.41, 5.74) is 2.10. The Balaban J connectivity index is 2.40. The van der Waals surface area contributed by atoms with Crippen molar-refractivity contribution in [3.05, 3.63) is 23.8 Å². The van der Waals surface area contributed by atoms with Gasteiger partial charge in [-0.25, -0.2) is 0 Å². The number of amides is 1. The van der Waals surface area contributed by atoms with E-state index in [0.717, 1.165) is 30.8 Å². The summed E-state index contributed by atoms with van der Waals surface area (Å²) in [4.78, 5) is 14.2. The van der Waals surface area contributed by atoms with Crippen LogP contribution >= 0.6 is 11.6 Å². The standard InChI is InChI=1S/C14H18ClNO2/c1-10(9-15)14(17)16-8-4-6-11-5-3-7-12(18-2)13(11)16/h3,5,7,10H,4,6,8-9H2,1-2H3. The van der Waals surface area contributed by atoms with Gasteiger partial charge >= 0.3 is 0 Å². The highest BCUT2D eigenvalue weighted by Gasteiger charge is 2.28. The average Bonchev–Trinajstić information content (AvgIpc) is 2.44. The predicted octanol–water partition coefficient (Wildman–Crippen LogP) is 2.85. The van der Waals surface area contributed by atoms with E-state index in [1.165, 1.54) is 5.56 Å². The van der Waals surface area contributed by atoms with Crippen LogP contribution in [-0.4, -0.2) is 25.4 Å². The molecule has 0 N–H and O–H groups in total. The third-order valence-electron chi connectivity index (χ3n) is 3.32. The van der Waals surface area contributed by atoms with E-state index >= 15 is 0 Å². The molecule has 0 aromatic heterocycles. The lowest BCUT2D eigenvalue weighted by Crippen LogP contribution is -2.39. The first kappa shape index (κ1) is 13.2. The fourth-order valence-corrected chi connectivity index (χ4v) is 2.46. The van der Waals surface area contributed by atoms with E-state index in [0.29, 0.717) is 5.88 Å². The first-order chi connectivity index (χ1) is 8.69. The maximum absolute atomic E-state index is 12.3. The number of carbonyl (C=O) groups excluding carboxylic acids is 1. The van der Waals surface area contributed by atoms with Gasteiger partial charge in [0, 0.05) is 18.3 Å². The van der Waals surface area contributed by atoms with E-state index in [4.69, 9.17) is 16.3 Å². The molecule has 1 heterocycles. The number of aryl methyl sites for hydroxylation is 1. The van der Waals surface area contributed by atoms with Gasteiger partial charge in [0.1, 0.15) is 5.75 Å². The Hall–Kier alpha value is -1.22. The minimum atomic E-state index is -0.164. The molecule has 18 heavy (non-hydrogen) atoms. The smallest absolute Gasteiger partial charge is 0.231 e. The number of carbonyl (C=O) groups is 1. The first-order valence-electron chi connectivity index (χ1n) is 6.22. The molecule has 1 atom stereocenters. The van der Waals surface area contributed by atoms with Crippen molar-refractivity contribution in [1.29, 1.82) is 0 Å². The molecule has 0 spiro atoms. The molecular formula is C14H18ClNO2. The van der Waals surface area contributed by atoms with Crippen molar-refractivity contribution in [2.45, 2.75) is 19.8 Å². The summed E-state index contributed by atoms with van der Waals surface area (Å²) in [5, 5.41) is 0. The van der Waals surface area contributed by atoms with Crippen molar-refractivity contribution in [1.82, 2.24) is 0 Å². The largest absolute Gasteiger partial charge is 0.495 e. The topological polar surface area (TPSA) is 29.5 Å². The van der Waals surface area contributed by atoms with Gasteiger partial charge in [-0.2, -0.15) is 0 Å². The number of methoxy groups -OCH3 is 1. The normalized spacial score (nSPS) is 16.1. The minimum absolute atomic E-state index is 0.0791. The van der Waals surface area contributed by atoms with Gasteiger partial charge in [0.05, 0.1) is 12.8 Å². The monoisotopic (exact) mass is 267 g/mol. The number of anilines is 1. The zero-order chi connectivity index (χ0) is 13.1. The average molecular weight is 268 g/mol. The molecule has 1 aliphatic heterocycles. The van der Waals surface area contributed by atoms with E-state index < -0.39 is 0 Å². The zero-order valence-electron chi connectivity index (χ0n) is 10.8. The molecule has 0 saturated carbocycles. The number of hydrogen-bond donors (Lipinski definition) is 0. The van der Waals surface area contributed by atoms with Crippen molar-refractivity contribution < 1.29 is 9.53 Å². The predicted molar refractivity (Wildman–Crippen MR) is 73.6 cm³/mol. The molecule has 0 radical (unpaired) electrons. The molecule has 1 unspecified atom stereocenters. The number of fused-ring (bicyclic) bond motifs is 1. The van der Waals surface area contributed by atoms with Gasteiger partial charge in [0.15, 0.2) is 0 Å². The number of rotatable bonds is 3. The highest BCUT2D eigenvalue weighted by Crippen LogP contribution is 2.36. The summed E-state index contributed by atoms with van der Waals surface area (Å²) in [7, 11) is 1.64. The summed E-state index contributed by atoms with van der Waals surface area (Å²) in [6.07, 6.45) is 1.98. The molecule has 0 saturated heterocycles. The van der Waals surface area contributed by atoms with Crippen molar-refractivity contribution in [2.24, 2.45) is 5.92 Å². The van der Waals surface area contributed by atoms with Crippen molar-refractivity contribution >= 4 is 23.2 Å². The fraction of sp³-hybridized carbons (Fsp3) is 0.500. The van der Waals surface area contributed by atoms with Crippen LogP contribution in [0.3, 0.4) is 0 Å². The second-order valence-corrected chi connectivity index (χ2v) is 4.93. The van der Waals surface area contributed by atoms with E-state index in [-0.39, 0.29) is 11.8 Å². The lowest BCUT2D eigenvalue weighted by atomic mass is 9.99. The molecular weight excluding hydrogens is 250 g/mol. The fourth-order valence-electron chi connectivity index (χ4n) is 2.33. The number of nitrogens with zero attached hydrogens (tertiary/aromatic N) is 1. The van der Waals surface area contributed by atoms with Crippen molar-refractivity contribution in [3.63, 3.8) is 0 Å². The van der Waals surface area contributed by atoms with Crippen molar-refractivity contribution in [3.8, 4) is 5.75 Å². The number of ether oxygens (including phenoxy) is 1. The van der Waals surface area contributed by atoms with Crippen LogP contribution in [0, 0.1) is 5.92 Å². The van der Waals surface area contributed by atoms with E-state index in [9.17, 15) is 4.79 Å². The van der Waals surface area contributed by atoms with E-state index in [1.54, 1.807) is 7.11 Å². The number of alkyl halides is 1. The Morgan fingerprint density at radius 2 is 2.33 bits per heavy atom. The van der Waals surface area contributed by atoms with Crippen LogP contribution in [0.4, 0.5) is 5.69 Å². The summed E-state index contributed by atoms with van der Waals surface area (Å²) < 4.78 is 5.38. The van der Waals surface area contributed by atoms with Gasteiger partial charge in [-0.05, 0) is 24.5 Å². The Labute approximate surface area is 113 Å². The van der Waals surface area contributed by atoms with Crippen LogP contribution in [0.15, 0.2) is 18.2 Å². The lowest BCUT2D eigenvalue weighted by molar-refractivity contribution is -0.121. The first-order valence-corrected chi connectivity index (χ1v) is 6.75. The quantitative estimate of drug-likeness (QED) is 0.788. The van der Waals surface area contributed by atoms with Crippen LogP contribution in [0.1, 0.15) is 18.9 Å². The van der Waals surface area contributed by atoms with Crippen LogP contribution in [0.5, 0.6) is 5.75 Å². The van der Waals surface area contributed by atoms with Gasteiger partial charge in [-0.15, -0.1) is 11.6 Å². The summed E-state index contributed by atoms with van der Waals surface area (Å²) in [6, 6.07) is 5.93. The third kappa shape index (κ3) is 2.32. The molecule has 1 aromatic carbocycles. The lowest BCUT2D eigenvalue weighted by Gasteiger charge is -2.32. The zero-order valence-corrected chi connectivity index (χ0v) is 11.5. The molecule has 98 valence electrons. The molecule has 0 fully saturated rings. The summed E-state index contributed by atoms with van der Waals surface area (Å²) in [5.74, 6) is 1.03. The molecule has 1 amide bonds. The van der Waals surface area contributed by atoms with Crippen LogP contribution in [0.2, 0.25) is 0 Å². The molecule has 3 nitrogen and oxygen atoms in total. The Bertz CT molecular complexity index is 433. The second-order valence-electron chi connectivity index (χ2n) is 4.62. The number of benzene rings is 1. The summed E-state index contributed by atoms with van der Waals surface area (Å²) >= 11 is 5.79. The van der Waals surface area contributed by atoms with Gasteiger partial charge in [0.25, 0.3) is 0 Å². The van der Waals surface area contributed by atoms with Crippen LogP contribution in [-0.2, 0) is 11.2 Å². The Kier molecular flexibility index (Phi) is 4.12. The molecule has 2 rings (SSSR count). The number of para-hydroxylation sites is 1. The minimum Gasteiger partial charge on any atom is -0.495 e. The Morgan fingerprint density at radius 1 is 1.56 bits per heavy atom. The maximum Gasteiger partial charge on any atom is 0.231 e. The molecule has 1 aliphatic rings. The van der Waals surface area contributed by atoms with Gasteiger partial charge in [0.2, 0.25) is 5.91 Å². The van der Waals surface area contributed by atoms with Crippen LogP contribution in [0.25, 0.3) is 0 Å². The SMILES string of the molecule is COc1cccc2c1N(C(=O)C(C)CCl)CCC2. The van der Waals surface area contributed by atoms with Crippen LogP contribution < -0.4 is 9.64 Å². The third-order valence-corrected chi connectivity index (χ3v) is 3.78. The maximum atomic E-state index is 12.3. The van der Waals surface area contributed by atoms with Gasteiger partial charge in [-0.1, -0.05) is 19.1 Å². The number of hydrogen-bond acceptors (Lipinski definition) is 2. The number of halogens is 1. The molecule has 4 heteroatoms. The molecule has 0 bridgehead atoms. The van der Waals surface area contributed by atoms with Gasteiger partial charge < -0.3 is 9.64 Å². The molecule has 0 aliphatic carbocycles.